The molecule has 1 fully saturated rings. The molecule has 0 N–H and O–H groups in total. The molecule has 1 aromatic heterocycles. The first-order valence-corrected chi connectivity index (χ1v) is 9.96. The quantitative estimate of drug-likeness (QED) is 0.466. The number of likely N-dealkylation sites (tertiary alicyclic amines) is 1. The van der Waals surface area contributed by atoms with Crippen LogP contribution in [-0.2, 0) is 0 Å². The summed E-state index contributed by atoms with van der Waals surface area (Å²) in [6.45, 7) is 1.05. The summed E-state index contributed by atoms with van der Waals surface area (Å²) in [5.74, 6) is 0.542. The van der Waals surface area contributed by atoms with Gasteiger partial charge in [0.05, 0.1) is 7.11 Å². The van der Waals surface area contributed by atoms with E-state index in [0.29, 0.717) is 24.2 Å². The molecule has 1 aliphatic rings. The van der Waals surface area contributed by atoms with Crippen molar-refractivity contribution in [3.8, 4) is 5.75 Å². The molecule has 0 spiro atoms. The van der Waals surface area contributed by atoms with Gasteiger partial charge in [0.2, 0.25) is 0 Å². The number of methoxy groups -OCH3 is 1. The van der Waals surface area contributed by atoms with Crippen molar-refractivity contribution >= 4 is 34.1 Å². The Morgan fingerprint density at radius 1 is 1.07 bits per heavy atom. The minimum absolute atomic E-state index is 0.0768. The fourth-order valence-corrected chi connectivity index (χ4v) is 4.01. The Labute approximate surface area is 174 Å². The molecule has 0 bridgehead atoms. The summed E-state index contributed by atoms with van der Waals surface area (Å²) < 4.78 is 5.26. The highest BCUT2D eigenvalue weighted by Gasteiger charge is 2.29. The van der Waals surface area contributed by atoms with Gasteiger partial charge in [-0.25, -0.2) is 4.98 Å². The van der Waals surface area contributed by atoms with E-state index in [1.807, 2.05) is 36.4 Å². The van der Waals surface area contributed by atoms with E-state index in [0.717, 1.165) is 29.4 Å². The van der Waals surface area contributed by atoms with Crippen molar-refractivity contribution in [2.75, 3.05) is 20.2 Å². The largest absolute Gasteiger partial charge is 0.497 e. The number of ketones is 1. The number of hydrogen-bond donors (Lipinski definition) is 0. The molecule has 0 saturated carbocycles. The average Bonchev–Trinajstić information content (AvgIpc) is 2.77. The Morgan fingerprint density at radius 3 is 2.66 bits per heavy atom. The van der Waals surface area contributed by atoms with E-state index in [2.05, 4.69) is 4.98 Å². The Balaban J connectivity index is 1.52. The third kappa shape index (κ3) is 4.10. The number of halogens is 1. The molecule has 148 valence electrons. The molecule has 2 heterocycles. The molecule has 1 amide bonds. The average molecular weight is 409 g/mol. The number of Topliss-reactive ketones (excluding diaryl/α,β-unsaturated/α-hetero) is 1. The minimum atomic E-state index is -0.208. The fraction of sp³-hybridized carbons (Fsp3) is 0.261. The van der Waals surface area contributed by atoms with Gasteiger partial charge in [-0.15, -0.1) is 0 Å². The standard InChI is InChI=1S/C23H21ClN2O3/c1-29-20-7-6-15-11-17(5-4-16(15)12-20)22(27)19-3-2-10-26(14-19)23(28)18-8-9-25-21(24)13-18/h4-9,11-13,19H,2-3,10,14H2,1H3. The van der Waals surface area contributed by atoms with Crippen molar-refractivity contribution < 1.29 is 14.3 Å². The van der Waals surface area contributed by atoms with E-state index in [4.69, 9.17) is 16.3 Å². The number of carbonyl (C=O) groups excluding carboxylic acids is 2. The van der Waals surface area contributed by atoms with Crippen molar-refractivity contribution in [2.24, 2.45) is 5.92 Å². The highest BCUT2D eigenvalue weighted by Crippen LogP contribution is 2.26. The van der Waals surface area contributed by atoms with Gasteiger partial charge in [-0.3, -0.25) is 9.59 Å². The molecular formula is C23H21ClN2O3. The van der Waals surface area contributed by atoms with Crippen LogP contribution in [0.15, 0.2) is 54.7 Å². The van der Waals surface area contributed by atoms with E-state index in [1.54, 1.807) is 24.1 Å². The van der Waals surface area contributed by atoms with Crippen molar-refractivity contribution in [3.05, 3.63) is 71.0 Å². The summed E-state index contributed by atoms with van der Waals surface area (Å²) in [7, 11) is 1.63. The molecule has 4 rings (SSSR count). The second-order valence-corrected chi connectivity index (χ2v) is 7.64. The van der Waals surface area contributed by atoms with Crippen LogP contribution >= 0.6 is 11.6 Å². The number of rotatable bonds is 4. The van der Waals surface area contributed by atoms with Gasteiger partial charge in [0.1, 0.15) is 10.9 Å². The number of nitrogens with zero attached hydrogens (tertiary/aromatic N) is 2. The molecule has 1 saturated heterocycles. The van der Waals surface area contributed by atoms with Crippen LogP contribution in [0.5, 0.6) is 5.75 Å². The van der Waals surface area contributed by atoms with Crippen LogP contribution in [-0.4, -0.2) is 41.8 Å². The van der Waals surface area contributed by atoms with Crippen LogP contribution in [0.25, 0.3) is 10.8 Å². The summed E-state index contributed by atoms with van der Waals surface area (Å²) in [6.07, 6.45) is 3.10. The second kappa shape index (κ2) is 8.21. The molecule has 1 atom stereocenters. The summed E-state index contributed by atoms with van der Waals surface area (Å²) in [4.78, 5) is 31.6. The SMILES string of the molecule is COc1ccc2cc(C(=O)C3CCCN(C(=O)c4ccnc(Cl)c4)C3)ccc2c1. The van der Waals surface area contributed by atoms with E-state index in [1.165, 1.54) is 6.20 Å². The summed E-state index contributed by atoms with van der Waals surface area (Å²) in [5, 5.41) is 2.30. The lowest BCUT2D eigenvalue weighted by Crippen LogP contribution is -2.42. The van der Waals surface area contributed by atoms with Crippen LogP contribution in [0.4, 0.5) is 0 Å². The van der Waals surface area contributed by atoms with Crippen LogP contribution in [0.1, 0.15) is 33.6 Å². The number of pyridine rings is 1. The Morgan fingerprint density at radius 2 is 1.86 bits per heavy atom. The summed E-state index contributed by atoms with van der Waals surface area (Å²) in [6, 6.07) is 14.7. The maximum Gasteiger partial charge on any atom is 0.254 e. The number of amides is 1. The van der Waals surface area contributed by atoms with E-state index < -0.39 is 0 Å². The van der Waals surface area contributed by atoms with E-state index >= 15 is 0 Å². The summed E-state index contributed by atoms with van der Waals surface area (Å²) >= 11 is 5.91. The van der Waals surface area contributed by atoms with Crippen LogP contribution in [0.2, 0.25) is 5.15 Å². The van der Waals surface area contributed by atoms with Crippen molar-refractivity contribution in [1.29, 1.82) is 0 Å². The maximum absolute atomic E-state index is 13.1. The Bertz CT molecular complexity index is 1080. The predicted molar refractivity (Wildman–Crippen MR) is 113 cm³/mol. The van der Waals surface area contributed by atoms with Crippen LogP contribution in [0.3, 0.4) is 0 Å². The topological polar surface area (TPSA) is 59.5 Å². The highest BCUT2D eigenvalue weighted by molar-refractivity contribution is 6.29. The van der Waals surface area contributed by atoms with Crippen LogP contribution in [0, 0.1) is 5.92 Å². The van der Waals surface area contributed by atoms with Gasteiger partial charge in [-0.05, 0) is 53.9 Å². The predicted octanol–water partition coefficient (Wildman–Crippen LogP) is 4.63. The number of piperidine rings is 1. The first kappa shape index (κ1) is 19.4. The van der Waals surface area contributed by atoms with Gasteiger partial charge >= 0.3 is 0 Å². The number of ether oxygens (including phenoxy) is 1. The molecule has 3 aromatic rings. The van der Waals surface area contributed by atoms with Gasteiger partial charge in [-0.2, -0.15) is 0 Å². The zero-order valence-corrected chi connectivity index (χ0v) is 16.9. The summed E-state index contributed by atoms with van der Waals surface area (Å²) in [5.41, 5.74) is 1.17. The molecule has 5 nitrogen and oxygen atoms in total. The number of hydrogen-bond acceptors (Lipinski definition) is 4. The van der Waals surface area contributed by atoms with Gasteiger partial charge in [0.25, 0.3) is 5.91 Å². The highest BCUT2D eigenvalue weighted by atomic mass is 35.5. The number of fused-ring (bicyclic) bond motifs is 1. The molecule has 1 unspecified atom stereocenters. The third-order valence-corrected chi connectivity index (χ3v) is 5.59. The van der Waals surface area contributed by atoms with Crippen molar-refractivity contribution in [1.82, 2.24) is 9.88 Å². The second-order valence-electron chi connectivity index (χ2n) is 7.25. The fourth-order valence-electron chi connectivity index (χ4n) is 3.83. The normalized spacial score (nSPS) is 16.6. The van der Waals surface area contributed by atoms with Gasteiger partial charge < -0.3 is 9.64 Å². The first-order valence-electron chi connectivity index (χ1n) is 9.58. The smallest absolute Gasteiger partial charge is 0.254 e. The van der Waals surface area contributed by atoms with Gasteiger partial charge in [0.15, 0.2) is 5.78 Å². The van der Waals surface area contributed by atoms with Gasteiger partial charge in [0, 0.05) is 36.3 Å². The van der Waals surface area contributed by atoms with Crippen LogP contribution < -0.4 is 4.74 Å². The lowest BCUT2D eigenvalue weighted by Gasteiger charge is -2.32. The van der Waals surface area contributed by atoms with E-state index in [-0.39, 0.29) is 22.8 Å². The molecule has 6 heteroatoms. The molecule has 2 aromatic carbocycles. The van der Waals surface area contributed by atoms with Crippen molar-refractivity contribution in [2.45, 2.75) is 12.8 Å². The number of aromatic nitrogens is 1. The lowest BCUT2D eigenvalue weighted by molar-refractivity contribution is 0.0637. The van der Waals surface area contributed by atoms with Gasteiger partial charge in [-0.1, -0.05) is 29.8 Å². The van der Waals surface area contributed by atoms with E-state index in [9.17, 15) is 9.59 Å². The minimum Gasteiger partial charge on any atom is -0.497 e. The first-order chi connectivity index (χ1) is 14.0. The molecule has 0 aliphatic carbocycles. The number of benzene rings is 2. The lowest BCUT2D eigenvalue weighted by atomic mass is 9.89. The monoisotopic (exact) mass is 408 g/mol. The van der Waals surface area contributed by atoms with Crippen molar-refractivity contribution in [3.63, 3.8) is 0 Å². The molecule has 29 heavy (non-hydrogen) atoms. The molecular weight excluding hydrogens is 388 g/mol. The zero-order valence-electron chi connectivity index (χ0n) is 16.1. The zero-order chi connectivity index (χ0) is 20.4. The number of carbonyl (C=O) groups is 2. The molecule has 1 aliphatic heterocycles. The third-order valence-electron chi connectivity index (χ3n) is 5.38. The Kier molecular flexibility index (Phi) is 5.49. The maximum atomic E-state index is 13.1. The Hall–Kier alpha value is -2.92. The molecule has 0 radical (unpaired) electrons.